The first-order chi connectivity index (χ1) is 14.4. The number of likely N-dealkylation sites (N-methyl/N-ethyl adjacent to an activating group) is 1. The molecule has 0 unspecified atom stereocenters. The Hall–Kier alpha value is -3.38. The van der Waals surface area contributed by atoms with Crippen molar-refractivity contribution in [2.24, 2.45) is 0 Å². The van der Waals surface area contributed by atoms with E-state index in [9.17, 15) is 9.90 Å². The van der Waals surface area contributed by atoms with Crippen LogP contribution in [0.2, 0.25) is 0 Å². The zero-order valence-corrected chi connectivity index (χ0v) is 17.4. The standard InChI is InChI=1S/C24H26N4O2/c1-15-4-7-21(16(2)10-15)27-18-5-6-19-17(11-18)14-28(3)23(19)13-26-22-12-25-9-8-20(22)24(29)30/h4-12,23,26-27H,13-14H2,1-3H3,(H,29,30)/t23-/m1/s1. The van der Waals surface area contributed by atoms with Crippen molar-refractivity contribution in [2.45, 2.75) is 26.4 Å². The number of nitrogens with one attached hydrogen (secondary N) is 2. The maximum atomic E-state index is 11.4. The number of anilines is 3. The largest absolute Gasteiger partial charge is 0.478 e. The molecule has 6 nitrogen and oxygen atoms in total. The Morgan fingerprint density at radius 3 is 2.77 bits per heavy atom. The Morgan fingerprint density at radius 2 is 2.00 bits per heavy atom. The van der Waals surface area contributed by atoms with Crippen LogP contribution < -0.4 is 10.6 Å². The van der Waals surface area contributed by atoms with Gasteiger partial charge in [-0.1, -0.05) is 23.8 Å². The smallest absolute Gasteiger partial charge is 0.337 e. The molecule has 0 saturated heterocycles. The number of hydrogen-bond donors (Lipinski definition) is 3. The van der Waals surface area contributed by atoms with E-state index in [1.165, 1.54) is 34.5 Å². The molecule has 0 spiro atoms. The van der Waals surface area contributed by atoms with Crippen LogP contribution in [0.25, 0.3) is 0 Å². The average molecular weight is 402 g/mol. The predicted octanol–water partition coefficient (Wildman–Crippen LogP) is 4.74. The van der Waals surface area contributed by atoms with Crippen LogP contribution in [-0.2, 0) is 6.54 Å². The summed E-state index contributed by atoms with van der Waals surface area (Å²) in [7, 11) is 2.09. The third-order valence-electron chi connectivity index (χ3n) is 5.65. The van der Waals surface area contributed by atoms with Gasteiger partial charge in [-0.15, -0.1) is 0 Å². The van der Waals surface area contributed by atoms with Gasteiger partial charge in [0.1, 0.15) is 0 Å². The fraction of sp³-hybridized carbons (Fsp3) is 0.250. The van der Waals surface area contributed by atoms with E-state index < -0.39 is 5.97 Å². The van der Waals surface area contributed by atoms with Crippen molar-refractivity contribution in [3.05, 3.63) is 82.7 Å². The van der Waals surface area contributed by atoms with E-state index in [2.05, 4.69) is 77.8 Å². The van der Waals surface area contributed by atoms with Crippen molar-refractivity contribution in [2.75, 3.05) is 24.2 Å². The predicted molar refractivity (Wildman–Crippen MR) is 120 cm³/mol. The second-order valence-corrected chi connectivity index (χ2v) is 7.90. The van der Waals surface area contributed by atoms with Crippen LogP contribution in [0.3, 0.4) is 0 Å². The number of rotatable bonds is 6. The van der Waals surface area contributed by atoms with Crippen LogP contribution in [0.1, 0.15) is 38.7 Å². The molecule has 0 fully saturated rings. The molecule has 0 amide bonds. The molecule has 0 aliphatic carbocycles. The van der Waals surface area contributed by atoms with E-state index in [4.69, 9.17) is 0 Å². The zero-order valence-electron chi connectivity index (χ0n) is 17.4. The van der Waals surface area contributed by atoms with E-state index in [1.807, 2.05) is 0 Å². The highest BCUT2D eigenvalue weighted by molar-refractivity contribution is 5.93. The van der Waals surface area contributed by atoms with Gasteiger partial charge in [0, 0.05) is 30.7 Å². The molecular weight excluding hydrogens is 376 g/mol. The number of carboxylic acid groups (broad SMARTS) is 1. The number of fused-ring (bicyclic) bond motifs is 1. The molecule has 2 heterocycles. The minimum Gasteiger partial charge on any atom is -0.478 e. The van der Waals surface area contributed by atoms with Gasteiger partial charge in [0.25, 0.3) is 0 Å². The number of benzene rings is 2. The lowest BCUT2D eigenvalue weighted by atomic mass is 10.0. The second-order valence-electron chi connectivity index (χ2n) is 7.90. The Bertz CT molecular complexity index is 1100. The van der Waals surface area contributed by atoms with E-state index in [1.54, 1.807) is 6.20 Å². The third kappa shape index (κ3) is 4.00. The highest BCUT2D eigenvalue weighted by atomic mass is 16.4. The van der Waals surface area contributed by atoms with Gasteiger partial charge in [-0.3, -0.25) is 9.88 Å². The number of aryl methyl sites for hydroxylation is 2. The minimum absolute atomic E-state index is 0.164. The van der Waals surface area contributed by atoms with Crippen molar-refractivity contribution in [1.82, 2.24) is 9.88 Å². The van der Waals surface area contributed by atoms with Gasteiger partial charge in [-0.2, -0.15) is 0 Å². The summed E-state index contributed by atoms with van der Waals surface area (Å²) >= 11 is 0. The monoisotopic (exact) mass is 402 g/mol. The Labute approximate surface area is 176 Å². The lowest BCUT2D eigenvalue weighted by Gasteiger charge is -2.22. The summed E-state index contributed by atoms with van der Waals surface area (Å²) in [5, 5.41) is 16.2. The molecule has 0 radical (unpaired) electrons. The molecule has 3 N–H and O–H groups in total. The normalized spacial score (nSPS) is 15.6. The van der Waals surface area contributed by atoms with Gasteiger partial charge in [-0.25, -0.2) is 4.79 Å². The summed E-state index contributed by atoms with van der Waals surface area (Å²) in [6, 6.07) is 14.6. The van der Waals surface area contributed by atoms with Crippen LogP contribution in [0.5, 0.6) is 0 Å². The molecule has 2 aromatic carbocycles. The molecule has 6 heteroatoms. The average Bonchev–Trinajstić information content (AvgIpc) is 3.03. The van der Waals surface area contributed by atoms with Crippen LogP contribution in [0.4, 0.5) is 17.1 Å². The topological polar surface area (TPSA) is 77.5 Å². The van der Waals surface area contributed by atoms with Crippen LogP contribution in [0, 0.1) is 13.8 Å². The van der Waals surface area contributed by atoms with Gasteiger partial charge in [0.05, 0.1) is 23.5 Å². The first-order valence-corrected chi connectivity index (χ1v) is 10.0. The van der Waals surface area contributed by atoms with Crippen LogP contribution in [-0.4, -0.2) is 34.6 Å². The van der Waals surface area contributed by atoms with Crippen molar-refractivity contribution in [3.63, 3.8) is 0 Å². The number of carbonyl (C=O) groups is 1. The Kier molecular flexibility index (Phi) is 5.42. The summed E-state index contributed by atoms with van der Waals surface area (Å²) in [5.74, 6) is -0.956. The highest BCUT2D eigenvalue weighted by Gasteiger charge is 2.27. The molecule has 3 aromatic rings. The lowest BCUT2D eigenvalue weighted by molar-refractivity contribution is 0.0697. The molecule has 0 bridgehead atoms. The van der Waals surface area contributed by atoms with Crippen molar-refractivity contribution in [3.8, 4) is 0 Å². The third-order valence-corrected chi connectivity index (χ3v) is 5.65. The molecule has 0 saturated carbocycles. The number of carboxylic acids is 1. The highest BCUT2D eigenvalue weighted by Crippen LogP contribution is 2.35. The number of aromatic carboxylic acids is 1. The molecule has 1 atom stereocenters. The number of hydrogen-bond acceptors (Lipinski definition) is 5. The van der Waals surface area contributed by atoms with Crippen LogP contribution in [0.15, 0.2) is 54.9 Å². The van der Waals surface area contributed by atoms with E-state index in [0.717, 1.165) is 17.9 Å². The Morgan fingerprint density at radius 1 is 1.17 bits per heavy atom. The fourth-order valence-electron chi connectivity index (χ4n) is 4.07. The van der Waals surface area contributed by atoms with E-state index >= 15 is 0 Å². The summed E-state index contributed by atoms with van der Waals surface area (Å²) in [6.45, 7) is 5.67. The summed E-state index contributed by atoms with van der Waals surface area (Å²) in [4.78, 5) is 17.8. The van der Waals surface area contributed by atoms with Gasteiger partial charge in [-0.05, 0) is 61.9 Å². The quantitative estimate of drug-likeness (QED) is 0.553. The molecule has 1 aliphatic heterocycles. The Balaban J connectivity index is 1.51. The molecule has 30 heavy (non-hydrogen) atoms. The molecule has 1 aromatic heterocycles. The van der Waals surface area contributed by atoms with Crippen molar-refractivity contribution >= 4 is 23.0 Å². The van der Waals surface area contributed by atoms with Crippen LogP contribution >= 0.6 is 0 Å². The van der Waals surface area contributed by atoms with Gasteiger partial charge < -0.3 is 15.7 Å². The van der Waals surface area contributed by atoms with E-state index in [-0.39, 0.29) is 11.6 Å². The fourth-order valence-corrected chi connectivity index (χ4v) is 4.07. The maximum Gasteiger partial charge on any atom is 0.337 e. The molecule has 154 valence electrons. The van der Waals surface area contributed by atoms with Gasteiger partial charge in [0.15, 0.2) is 0 Å². The van der Waals surface area contributed by atoms with E-state index in [0.29, 0.717) is 12.2 Å². The minimum atomic E-state index is -0.956. The van der Waals surface area contributed by atoms with Crippen molar-refractivity contribution < 1.29 is 9.90 Å². The summed E-state index contributed by atoms with van der Waals surface area (Å²) in [5.41, 5.74) is 7.98. The SMILES string of the molecule is Cc1ccc(Nc2ccc3c(c2)CN(C)[C@@H]3CNc2cnccc2C(=O)O)c(C)c1. The summed E-state index contributed by atoms with van der Waals surface area (Å²) in [6.07, 6.45) is 3.06. The number of aromatic nitrogens is 1. The second kappa shape index (κ2) is 8.16. The first kappa shape index (κ1) is 19.9. The number of nitrogens with zero attached hydrogens (tertiary/aromatic N) is 2. The zero-order chi connectivity index (χ0) is 21.3. The van der Waals surface area contributed by atoms with Crippen molar-refractivity contribution in [1.29, 1.82) is 0 Å². The first-order valence-electron chi connectivity index (χ1n) is 10.0. The molecule has 4 rings (SSSR count). The number of pyridine rings is 1. The van der Waals surface area contributed by atoms with Gasteiger partial charge >= 0.3 is 5.97 Å². The molecular formula is C24H26N4O2. The maximum absolute atomic E-state index is 11.4. The lowest BCUT2D eigenvalue weighted by Crippen LogP contribution is -2.24. The van der Waals surface area contributed by atoms with Gasteiger partial charge in [0.2, 0.25) is 0 Å². The molecule has 1 aliphatic rings. The summed E-state index contributed by atoms with van der Waals surface area (Å²) < 4.78 is 0.